The molecule has 0 bridgehead atoms. The van der Waals surface area contributed by atoms with Crippen molar-refractivity contribution in [2.75, 3.05) is 95.0 Å². The van der Waals surface area contributed by atoms with Crippen LogP contribution in [0.5, 0.6) is 11.5 Å². The number of hydrogen-bond donors (Lipinski definition) is 0. The molecule has 0 radical (unpaired) electrons. The molecule has 13 nitrogen and oxygen atoms in total. The molecule has 55 heavy (non-hydrogen) atoms. The quantitative estimate of drug-likeness (QED) is 0.180. The number of rotatable bonds is 11. The van der Waals surface area contributed by atoms with Gasteiger partial charge in [-0.1, -0.05) is 30.3 Å². The zero-order valence-corrected chi connectivity index (χ0v) is 31.7. The Balaban J connectivity index is 1.11. The zero-order valence-electron chi connectivity index (χ0n) is 31.7. The number of fused-ring (bicyclic) bond motifs is 1. The maximum atomic E-state index is 13.6. The fraction of sp³-hybridized carbons (Fsp3) is 0.357. The number of carbonyl (C=O) groups is 1. The lowest BCUT2D eigenvalue weighted by molar-refractivity contribution is 0.0664. The molecule has 1 amide bonds. The van der Waals surface area contributed by atoms with Gasteiger partial charge in [0, 0.05) is 93.7 Å². The van der Waals surface area contributed by atoms with Gasteiger partial charge in [-0.3, -0.25) is 4.79 Å². The predicted molar refractivity (Wildman–Crippen MR) is 213 cm³/mol. The third kappa shape index (κ3) is 8.03. The van der Waals surface area contributed by atoms with Crippen LogP contribution < -0.4 is 24.2 Å². The summed E-state index contributed by atoms with van der Waals surface area (Å²) >= 11 is 0. The van der Waals surface area contributed by atoms with Gasteiger partial charge < -0.3 is 38.7 Å². The third-order valence-corrected chi connectivity index (χ3v) is 10.6. The molecule has 0 spiro atoms. The number of aromatic nitrogens is 4. The standard InChI is InChI=1S/C42H47N9O4/c1-47-17-19-48(20-18-47)40(52)32-5-4-6-34(25-32)51-16-15-37-38(45-42(46-39(37)51)49-21-23-55-24-22-49)33-26-43-41(44-27-33)50(28-30-7-11-35(53-2)12-8-30)29-31-9-13-36(54-3)14-10-31/h4-14,25-27H,15-24,28-29H2,1-3H3. The summed E-state index contributed by atoms with van der Waals surface area (Å²) in [6, 6.07) is 24.1. The molecule has 5 heterocycles. The summed E-state index contributed by atoms with van der Waals surface area (Å²) in [6.07, 6.45) is 4.50. The summed E-state index contributed by atoms with van der Waals surface area (Å²) < 4.78 is 16.5. The molecule has 0 atom stereocenters. The molecule has 0 saturated carbocycles. The predicted octanol–water partition coefficient (Wildman–Crippen LogP) is 5.08. The number of methoxy groups -OCH3 is 2. The van der Waals surface area contributed by atoms with E-state index in [1.807, 2.05) is 59.8 Å². The van der Waals surface area contributed by atoms with Crippen LogP contribution >= 0.6 is 0 Å². The second-order valence-electron chi connectivity index (χ2n) is 14.1. The van der Waals surface area contributed by atoms with E-state index in [0.717, 1.165) is 83.6 Å². The highest BCUT2D eigenvalue weighted by Crippen LogP contribution is 2.39. The van der Waals surface area contributed by atoms with E-state index in [1.165, 1.54) is 0 Å². The fourth-order valence-electron chi connectivity index (χ4n) is 7.34. The smallest absolute Gasteiger partial charge is 0.254 e. The highest BCUT2D eigenvalue weighted by atomic mass is 16.5. The van der Waals surface area contributed by atoms with Crippen molar-refractivity contribution in [3.05, 3.63) is 107 Å². The van der Waals surface area contributed by atoms with Crippen LogP contribution in [0.25, 0.3) is 11.3 Å². The van der Waals surface area contributed by atoms with Crippen LogP contribution in [0.2, 0.25) is 0 Å². The summed E-state index contributed by atoms with van der Waals surface area (Å²) in [4.78, 5) is 44.6. The van der Waals surface area contributed by atoms with Gasteiger partial charge in [-0.15, -0.1) is 0 Å². The number of ether oxygens (including phenoxy) is 3. The topological polar surface area (TPSA) is 113 Å². The third-order valence-electron chi connectivity index (χ3n) is 10.6. The van der Waals surface area contributed by atoms with Gasteiger partial charge in [0.15, 0.2) is 0 Å². The average molecular weight is 742 g/mol. The van der Waals surface area contributed by atoms with E-state index in [2.05, 4.69) is 57.0 Å². The van der Waals surface area contributed by atoms with Crippen molar-refractivity contribution in [3.63, 3.8) is 0 Å². The van der Waals surface area contributed by atoms with E-state index in [4.69, 9.17) is 34.1 Å². The maximum Gasteiger partial charge on any atom is 0.254 e. The molecular formula is C42H47N9O4. The number of carbonyl (C=O) groups excluding carboxylic acids is 1. The first kappa shape index (κ1) is 36.2. The van der Waals surface area contributed by atoms with E-state index < -0.39 is 0 Å². The molecule has 3 aliphatic rings. The lowest BCUT2D eigenvalue weighted by Crippen LogP contribution is -2.47. The van der Waals surface area contributed by atoms with Crippen molar-refractivity contribution in [1.29, 1.82) is 0 Å². The number of anilines is 4. The summed E-state index contributed by atoms with van der Waals surface area (Å²) in [6.45, 7) is 7.77. The summed E-state index contributed by atoms with van der Waals surface area (Å²) in [7, 11) is 5.44. The SMILES string of the molecule is COc1ccc(CN(Cc2ccc(OC)cc2)c2ncc(-c3nc(N4CCOCC4)nc4c3CCN4c3cccc(C(=O)N4CCN(C)CC4)c3)cn2)cc1. The molecule has 284 valence electrons. The zero-order chi connectivity index (χ0) is 37.7. The van der Waals surface area contributed by atoms with E-state index in [0.29, 0.717) is 63.4 Å². The van der Waals surface area contributed by atoms with Crippen molar-refractivity contribution in [1.82, 2.24) is 29.7 Å². The number of piperazine rings is 1. The first-order valence-electron chi connectivity index (χ1n) is 18.9. The second-order valence-corrected chi connectivity index (χ2v) is 14.1. The Labute approximate surface area is 322 Å². The van der Waals surface area contributed by atoms with E-state index in [1.54, 1.807) is 14.2 Å². The first-order chi connectivity index (χ1) is 26.9. The maximum absolute atomic E-state index is 13.6. The van der Waals surface area contributed by atoms with Gasteiger partial charge >= 0.3 is 0 Å². The molecule has 5 aromatic rings. The van der Waals surface area contributed by atoms with Crippen molar-refractivity contribution in [3.8, 4) is 22.8 Å². The Morgan fingerprint density at radius 2 is 1.42 bits per heavy atom. The molecule has 2 saturated heterocycles. The second kappa shape index (κ2) is 16.3. The number of morpholine rings is 1. The lowest BCUT2D eigenvalue weighted by Gasteiger charge is -2.32. The van der Waals surface area contributed by atoms with Crippen LogP contribution in [-0.4, -0.2) is 116 Å². The van der Waals surface area contributed by atoms with Crippen LogP contribution in [0, 0.1) is 0 Å². The van der Waals surface area contributed by atoms with E-state index in [-0.39, 0.29) is 5.91 Å². The van der Waals surface area contributed by atoms with Gasteiger partial charge in [0.2, 0.25) is 11.9 Å². The highest BCUT2D eigenvalue weighted by molar-refractivity contribution is 5.95. The van der Waals surface area contributed by atoms with Crippen LogP contribution in [0.1, 0.15) is 27.0 Å². The first-order valence-corrected chi connectivity index (χ1v) is 18.9. The van der Waals surface area contributed by atoms with Gasteiger partial charge in [0.1, 0.15) is 17.3 Å². The minimum atomic E-state index is 0.0667. The van der Waals surface area contributed by atoms with Gasteiger partial charge in [-0.05, 0) is 67.1 Å². The Kier molecular flexibility index (Phi) is 10.7. The van der Waals surface area contributed by atoms with E-state index >= 15 is 0 Å². The van der Waals surface area contributed by atoms with Crippen molar-refractivity contribution < 1.29 is 19.0 Å². The van der Waals surface area contributed by atoms with Gasteiger partial charge in [0.05, 0.1) is 33.1 Å². The van der Waals surface area contributed by atoms with Crippen LogP contribution in [0.4, 0.5) is 23.4 Å². The molecule has 13 heteroatoms. The van der Waals surface area contributed by atoms with E-state index in [9.17, 15) is 4.79 Å². The molecule has 3 aliphatic heterocycles. The number of hydrogen-bond acceptors (Lipinski definition) is 12. The van der Waals surface area contributed by atoms with Crippen LogP contribution in [-0.2, 0) is 24.2 Å². The molecule has 0 unspecified atom stereocenters. The molecule has 8 rings (SSSR count). The fourth-order valence-corrected chi connectivity index (χ4v) is 7.34. The molecule has 3 aromatic carbocycles. The Morgan fingerprint density at radius 1 is 0.782 bits per heavy atom. The highest BCUT2D eigenvalue weighted by Gasteiger charge is 2.30. The lowest BCUT2D eigenvalue weighted by atomic mass is 10.1. The number of benzene rings is 3. The molecule has 0 aliphatic carbocycles. The monoisotopic (exact) mass is 741 g/mol. The van der Waals surface area contributed by atoms with Crippen LogP contribution in [0.3, 0.4) is 0 Å². The minimum absolute atomic E-state index is 0.0667. The minimum Gasteiger partial charge on any atom is -0.497 e. The van der Waals surface area contributed by atoms with Crippen molar-refractivity contribution >= 4 is 29.3 Å². The van der Waals surface area contributed by atoms with Crippen molar-refractivity contribution in [2.24, 2.45) is 0 Å². The largest absolute Gasteiger partial charge is 0.497 e. The van der Waals surface area contributed by atoms with Crippen LogP contribution in [0.15, 0.2) is 85.2 Å². The van der Waals surface area contributed by atoms with Crippen molar-refractivity contribution in [2.45, 2.75) is 19.5 Å². The number of likely N-dealkylation sites (N-methyl/N-ethyl adjacent to an activating group) is 1. The molecule has 0 N–H and O–H groups in total. The van der Waals surface area contributed by atoms with Gasteiger partial charge in [-0.2, -0.15) is 4.98 Å². The summed E-state index contributed by atoms with van der Waals surface area (Å²) in [5.41, 5.74) is 6.54. The van der Waals surface area contributed by atoms with Gasteiger partial charge in [-0.25, -0.2) is 15.0 Å². The summed E-state index contributed by atoms with van der Waals surface area (Å²) in [5, 5.41) is 0. The Bertz CT molecular complexity index is 2030. The average Bonchev–Trinajstić information content (AvgIpc) is 3.68. The Hall–Kier alpha value is -5.79. The molecular weight excluding hydrogens is 695 g/mol. The molecule has 2 fully saturated rings. The Morgan fingerprint density at radius 3 is 2.04 bits per heavy atom. The normalized spacial score (nSPS) is 15.9. The number of amides is 1. The van der Waals surface area contributed by atoms with Gasteiger partial charge in [0.25, 0.3) is 5.91 Å². The summed E-state index contributed by atoms with van der Waals surface area (Å²) in [5.74, 6) is 3.80. The number of nitrogens with zero attached hydrogens (tertiary/aromatic N) is 9. The molecule has 2 aromatic heterocycles.